The molecule has 3 fully saturated rings. The molecule has 2 atom stereocenters. The van der Waals surface area contributed by atoms with Crippen LogP contribution in [0.2, 0.25) is 0 Å². The first kappa shape index (κ1) is 16.6. The van der Waals surface area contributed by atoms with Crippen molar-refractivity contribution in [2.45, 2.75) is 44.1 Å². The fourth-order valence-corrected chi connectivity index (χ4v) is 4.27. The first-order valence-corrected chi connectivity index (χ1v) is 9.46. The van der Waals surface area contributed by atoms with Gasteiger partial charge in [-0.2, -0.15) is 5.10 Å². The van der Waals surface area contributed by atoms with E-state index in [1.165, 1.54) is 12.8 Å². The number of likely N-dealkylation sites (tertiary alicyclic amines) is 2. The number of hydrogen-bond donors (Lipinski definition) is 2. The van der Waals surface area contributed by atoms with Gasteiger partial charge in [0, 0.05) is 50.3 Å². The highest BCUT2D eigenvalue weighted by molar-refractivity contribution is 5.92. The molecule has 2 N–H and O–H groups in total. The van der Waals surface area contributed by atoms with E-state index in [1.54, 1.807) is 0 Å². The van der Waals surface area contributed by atoms with Crippen LogP contribution >= 0.6 is 0 Å². The summed E-state index contributed by atoms with van der Waals surface area (Å²) in [7, 11) is 1.91. The number of amides is 2. The van der Waals surface area contributed by atoms with E-state index < -0.39 is 0 Å². The predicted octanol–water partition coefficient (Wildman–Crippen LogP) is 0.960. The Morgan fingerprint density at radius 1 is 1.36 bits per heavy atom. The van der Waals surface area contributed by atoms with E-state index in [0.29, 0.717) is 30.5 Å². The van der Waals surface area contributed by atoms with Gasteiger partial charge in [0.15, 0.2) is 0 Å². The number of aromatic amines is 1. The first-order chi connectivity index (χ1) is 12.2. The van der Waals surface area contributed by atoms with E-state index in [4.69, 9.17) is 0 Å². The molecule has 0 unspecified atom stereocenters. The van der Waals surface area contributed by atoms with Crippen molar-refractivity contribution in [1.29, 1.82) is 0 Å². The molecule has 0 aromatic carbocycles. The number of carbonyl (C=O) groups is 2. The second kappa shape index (κ2) is 6.78. The number of H-pyrrole nitrogens is 1. The summed E-state index contributed by atoms with van der Waals surface area (Å²) < 4.78 is 0. The monoisotopic (exact) mass is 345 g/mol. The average molecular weight is 345 g/mol. The third kappa shape index (κ3) is 3.29. The maximum atomic E-state index is 12.8. The number of carbonyl (C=O) groups excluding carboxylic acids is 2. The number of nitrogens with one attached hydrogen (secondary N) is 2. The molecule has 136 valence electrons. The number of fused-ring (bicyclic) bond motifs is 1. The lowest BCUT2D eigenvalue weighted by molar-refractivity contribution is -0.140. The zero-order chi connectivity index (χ0) is 17.4. The minimum Gasteiger partial charge on any atom is -0.338 e. The van der Waals surface area contributed by atoms with Gasteiger partial charge in [0.2, 0.25) is 5.91 Å². The normalized spacial score (nSPS) is 26.7. The highest BCUT2D eigenvalue weighted by Crippen LogP contribution is 2.39. The summed E-state index contributed by atoms with van der Waals surface area (Å²) in [5, 5.41) is 10.4. The molecule has 1 aliphatic carbocycles. The Bertz CT molecular complexity index is 654. The van der Waals surface area contributed by atoms with Gasteiger partial charge in [0.25, 0.3) is 5.91 Å². The van der Waals surface area contributed by atoms with Gasteiger partial charge in [-0.1, -0.05) is 0 Å². The summed E-state index contributed by atoms with van der Waals surface area (Å²) in [6.07, 6.45) is 4.74. The number of rotatable bonds is 5. The number of nitrogens with zero attached hydrogens (tertiary/aromatic N) is 3. The van der Waals surface area contributed by atoms with Crippen LogP contribution in [0.15, 0.2) is 6.07 Å². The van der Waals surface area contributed by atoms with E-state index in [2.05, 4.69) is 15.5 Å². The maximum absolute atomic E-state index is 12.8. The number of aromatic nitrogens is 2. The quantitative estimate of drug-likeness (QED) is 0.833. The van der Waals surface area contributed by atoms with Crippen molar-refractivity contribution < 1.29 is 9.59 Å². The lowest BCUT2D eigenvalue weighted by atomic mass is 9.83. The van der Waals surface area contributed by atoms with Crippen molar-refractivity contribution in [3.63, 3.8) is 0 Å². The molecule has 25 heavy (non-hydrogen) atoms. The summed E-state index contributed by atoms with van der Waals surface area (Å²) in [6.45, 7) is 3.01. The van der Waals surface area contributed by atoms with Gasteiger partial charge < -0.3 is 15.1 Å². The number of likely N-dealkylation sites (N-methyl/N-ethyl adjacent to an activating group) is 1. The zero-order valence-electron chi connectivity index (χ0n) is 14.8. The van der Waals surface area contributed by atoms with Crippen molar-refractivity contribution in [2.24, 2.45) is 5.92 Å². The summed E-state index contributed by atoms with van der Waals surface area (Å²) in [6, 6.07) is 2.20. The molecular formula is C18H27N5O2. The molecule has 7 nitrogen and oxygen atoms in total. The van der Waals surface area contributed by atoms with Gasteiger partial charge in [-0.25, -0.2) is 0 Å². The fraction of sp³-hybridized carbons (Fsp3) is 0.722. The van der Waals surface area contributed by atoms with Crippen molar-refractivity contribution >= 4 is 11.8 Å². The van der Waals surface area contributed by atoms with E-state index in [0.717, 1.165) is 38.2 Å². The Labute approximate surface area is 148 Å². The van der Waals surface area contributed by atoms with Gasteiger partial charge in [-0.3, -0.25) is 14.7 Å². The molecule has 2 amide bonds. The van der Waals surface area contributed by atoms with Gasteiger partial charge in [0.05, 0.1) is 0 Å². The fourth-order valence-electron chi connectivity index (χ4n) is 4.27. The molecule has 2 aliphatic heterocycles. The molecule has 1 aromatic rings. The molecule has 0 radical (unpaired) electrons. The SMILES string of the molecule is CNCCN1C(=O)CC[C@H]2CN(C(=O)c3cc(C4CC4)[nH]n3)CC[C@H]21. The molecule has 3 aliphatic rings. The van der Waals surface area contributed by atoms with Crippen LogP contribution in [-0.2, 0) is 4.79 Å². The Morgan fingerprint density at radius 3 is 2.96 bits per heavy atom. The molecule has 1 aromatic heterocycles. The second-order valence-electron chi connectivity index (χ2n) is 7.58. The van der Waals surface area contributed by atoms with Crippen LogP contribution in [0, 0.1) is 5.92 Å². The summed E-state index contributed by atoms with van der Waals surface area (Å²) in [5.41, 5.74) is 1.64. The largest absolute Gasteiger partial charge is 0.338 e. The Balaban J connectivity index is 1.41. The lowest BCUT2D eigenvalue weighted by Crippen LogP contribution is -2.57. The molecule has 1 saturated carbocycles. The highest BCUT2D eigenvalue weighted by atomic mass is 16.2. The minimum absolute atomic E-state index is 0.0280. The van der Waals surface area contributed by atoms with Gasteiger partial charge in [-0.05, 0) is 44.7 Å². The Kier molecular flexibility index (Phi) is 4.50. The molecule has 0 bridgehead atoms. The topological polar surface area (TPSA) is 81.3 Å². The summed E-state index contributed by atoms with van der Waals surface area (Å²) in [5.74, 6) is 1.25. The molecule has 7 heteroatoms. The van der Waals surface area contributed by atoms with Gasteiger partial charge >= 0.3 is 0 Å². The maximum Gasteiger partial charge on any atom is 0.274 e. The standard InChI is InChI=1S/C18H27N5O2/c1-19-7-9-23-16-6-8-22(11-13(16)4-5-17(23)24)18(25)15-10-14(20-21-15)12-2-3-12/h10,12-13,16,19H,2-9,11H2,1H3,(H,20,21)/t13-,16+/m0/s1. The highest BCUT2D eigenvalue weighted by Gasteiger charge is 2.40. The predicted molar refractivity (Wildman–Crippen MR) is 93.2 cm³/mol. The van der Waals surface area contributed by atoms with Crippen LogP contribution < -0.4 is 5.32 Å². The van der Waals surface area contributed by atoms with Crippen LogP contribution in [0.4, 0.5) is 0 Å². The number of piperidine rings is 2. The van der Waals surface area contributed by atoms with Crippen LogP contribution in [0.1, 0.15) is 54.2 Å². The van der Waals surface area contributed by atoms with Gasteiger partial charge in [0.1, 0.15) is 5.69 Å². The Hall–Kier alpha value is -1.89. The van der Waals surface area contributed by atoms with Crippen molar-refractivity contribution in [3.05, 3.63) is 17.5 Å². The minimum atomic E-state index is 0.0280. The lowest BCUT2D eigenvalue weighted by Gasteiger charge is -2.47. The molecule has 0 spiro atoms. The Morgan fingerprint density at radius 2 is 2.20 bits per heavy atom. The third-order valence-corrected chi connectivity index (χ3v) is 5.87. The van der Waals surface area contributed by atoms with Crippen LogP contribution in [0.25, 0.3) is 0 Å². The zero-order valence-corrected chi connectivity index (χ0v) is 14.8. The van der Waals surface area contributed by atoms with Crippen molar-refractivity contribution in [3.8, 4) is 0 Å². The smallest absolute Gasteiger partial charge is 0.274 e. The van der Waals surface area contributed by atoms with E-state index in [9.17, 15) is 9.59 Å². The average Bonchev–Trinajstić information content (AvgIpc) is 3.37. The van der Waals surface area contributed by atoms with Crippen molar-refractivity contribution in [2.75, 3.05) is 33.2 Å². The van der Waals surface area contributed by atoms with Gasteiger partial charge in [-0.15, -0.1) is 0 Å². The molecular weight excluding hydrogens is 318 g/mol. The van der Waals surface area contributed by atoms with Crippen LogP contribution in [0.3, 0.4) is 0 Å². The van der Waals surface area contributed by atoms with E-state index in [-0.39, 0.29) is 17.9 Å². The first-order valence-electron chi connectivity index (χ1n) is 9.46. The third-order valence-electron chi connectivity index (χ3n) is 5.87. The summed E-state index contributed by atoms with van der Waals surface area (Å²) in [4.78, 5) is 29.0. The number of hydrogen-bond acceptors (Lipinski definition) is 4. The van der Waals surface area contributed by atoms with Crippen LogP contribution in [0.5, 0.6) is 0 Å². The molecule has 3 heterocycles. The van der Waals surface area contributed by atoms with E-state index in [1.807, 2.05) is 22.9 Å². The second-order valence-corrected chi connectivity index (χ2v) is 7.58. The molecule has 2 saturated heterocycles. The van der Waals surface area contributed by atoms with Crippen LogP contribution in [-0.4, -0.2) is 71.1 Å². The van der Waals surface area contributed by atoms with Crippen molar-refractivity contribution in [1.82, 2.24) is 25.3 Å². The molecule has 4 rings (SSSR count). The summed E-state index contributed by atoms with van der Waals surface area (Å²) >= 11 is 0. The van der Waals surface area contributed by atoms with E-state index >= 15 is 0 Å².